The zero-order valence-corrected chi connectivity index (χ0v) is 15.7. The molecule has 0 bridgehead atoms. The lowest BCUT2D eigenvalue weighted by molar-refractivity contribution is -0.135. The number of carbonyl (C=O) groups excluding carboxylic acids is 2. The molecule has 3 rings (SSSR count). The molecule has 2 aromatic rings. The summed E-state index contributed by atoms with van der Waals surface area (Å²) in [6, 6.07) is 7.29. The molecule has 2 heterocycles. The highest BCUT2D eigenvalue weighted by Crippen LogP contribution is 2.26. The first-order valence-electron chi connectivity index (χ1n) is 8.96. The van der Waals surface area contributed by atoms with Gasteiger partial charge in [-0.1, -0.05) is 25.1 Å². The summed E-state index contributed by atoms with van der Waals surface area (Å²) >= 11 is 0. The lowest BCUT2D eigenvalue weighted by Crippen LogP contribution is -2.47. The zero-order chi connectivity index (χ0) is 18.8. The van der Waals surface area contributed by atoms with Crippen molar-refractivity contribution in [3.05, 3.63) is 47.5 Å². The first-order valence-corrected chi connectivity index (χ1v) is 8.96. The van der Waals surface area contributed by atoms with Gasteiger partial charge in [0.25, 0.3) is 5.91 Å². The molecular weight excluding hydrogens is 330 g/mol. The van der Waals surface area contributed by atoms with Gasteiger partial charge in [-0.2, -0.15) is 0 Å². The maximum atomic E-state index is 13.0. The number of hydrogen-bond acceptors (Lipinski definition) is 4. The van der Waals surface area contributed by atoms with Crippen LogP contribution in [0.2, 0.25) is 0 Å². The normalized spacial score (nSPS) is 14.7. The Morgan fingerprint density at radius 1 is 1.31 bits per heavy atom. The SMILES string of the molecule is CCC(C(=O)N(C)Cc1nncn1C(C)C)N1Cc2ccccc2C1=O. The highest BCUT2D eigenvalue weighted by Gasteiger charge is 2.36. The second-order valence-corrected chi connectivity index (χ2v) is 6.96. The molecule has 138 valence electrons. The van der Waals surface area contributed by atoms with E-state index in [1.165, 1.54) is 0 Å². The van der Waals surface area contributed by atoms with E-state index in [1.807, 2.05) is 49.6 Å². The van der Waals surface area contributed by atoms with Crippen LogP contribution < -0.4 is 0 Å². The Bertz CT molecular complexity index is 814. The van der Waals surface area contributed by atoms with Crippen molar-refractivity contribution in [1.82, 2.24) is 24.6 Å². The van der Waals surface area contributed by atoms with Gasteiger partial charge in [0.1, 0.15) is 12.4 Å². The second kappa shape index (κ2) is 7.27. The van der Waals surface area contributed by atoms with Crippen molar-refractivity contribution in [2.45, 2.75) is 52.4 Å². The van der Waals surface area contributed by atoms with Gasteiger partial charge in [0.15, 0.2) is 5.82 Å². The van der Waals surface area contributed by atoms with Gasteiger partial charge in [-0.25, -0.2) is 0 Å². The first kappa shape index (κ1) is 18.1. The average Bonchev–Trinajstić information content (AvgIpc) is 3.21. The fourth-order valence-corrected chi connectivity index (χ4v) is 3.41. The number of amides is 2. The summed E-state index contributed by atoms with van der Waals surface area (Å²) in [6.07, 6.45) is 2.25. The Morgan fingerprint density at radius 3 is 2.69 bits per heavy atom. The topological polar surface area (TPSA) is 71.3 Å². The highest BCUT2D eigenvalue weighted by atomic mass is 16.2. The van der Waals surface area contributed by atoms with E-state index in [2.05, 4.69) is 10.2 Å². The quantitative estimate of drug-likeness (QED) is 0.797. The molecule has 26 heavy (non-hydrogen) atoms. The predicted molar refractivity (Wildman–Crippen MR) is 97.3 cm³/mol. The summed E-state index contributed by atoms with van der Waals surface area (Å²) < 4.78 is 1.95. The lowest BCUT2D eigenvalue weighted by Gasteiger charge is -2.30. The Morgan fingerprint density at radius 2 is 2.04 bits per heavy atom. The van der Waals surface area contributed by atoms with E-state index in [4.69, 9.17) is 0 Å². The van der Waals surface area contributed by atoms with Crippen LogP contribution in [0, 0.1) is 0 Å². The predicted octanol–water partition coefficient (Wildman–Crippen LogP) is 2.25. The smallest absolute Gasteiger partial charge is 0.255 e. The number of benzene rings is 1. The van der Waals surface area contributed by atoms with Crippen LogP contribution in [0.4, 0.5) is 0 Å². The Labute approximate surface area is 153 Å². The molecule has 1 aliphatic rings. The monoisotopic (exact) mass is 355 g/mol. The minimum absolute atomic E-state index is 0.0699. The third kappa shape index (κ3) is 3.21. The van der Waals surface area contributed by atoms with Gasteiger partial charge in [0.05, 0.1) is 6.54 Å². The lowest BCUT2D eigenvalue weighted by atomic mass is 10.1. The number of aromatic nitrogens is 3. The fraction of sp³-hybridized carbons (Fsp3) is 0.474. The van der Waals surface area contributed by atoms with Crippen LogP contribution in [-0.2, 0) is 17.9 Å². The standard InChI is InChI=1S/C19H25N5O2/c1-5-16(23-10-14-8-6-7-9-15(14)18(23)25)19(26)22(4)11-17-21-20-12-24(17)13(2)3/h6-9,12-13,16H,5,10-11H2,1-4H3. The Balaban J connectivity index is 1.75. The van der Waals surface area contributed by atoms with Crippen molar-refractivity contribution in [3.63, 3.8) is 0 Å². The summed E-state index contributed by atoms with van der Waals surface area (Å²) in [4.78, 5) is 29.1. The van der Waals surface area contributed by atoms with Crippen molar-refractivity contribution < 1.29 is 9.59 Å². The van der Waals surface area contributed by atoms with Crippen LogP contribution in [-0.4, -0.2) is 49.5 Å². The van der Waals surface area contributed by atoms with Crippen molar-refractivity contribution in [2.75, 3.05) is 7.05 Å². The zero-order valence-electron chi connectivity index (χ0n) is 15.7. The molecule has 0 spiro atoms. The van der Waals surface area contributed by atoms with Crippen LogP contribution in [0.5, 0.6) is 0 Å². The van der Waals surface area contributed by atoms with Crippen LogP contribution in [0.3, 0.4) is 0 Å². The van der Waals surface area contributed by atoms with E-state index in [0.717, 1.165) is 11.4 Å². The summed E-state index contributed by atoms with van der Waals surface area (Å²) in [6.45, 7) is 6.87. The molecule has 7 heteroatoms. The first-order chi connectivity index (χ1) is 12.4. The Hall–Kier alpha value is -2.70. The molecule has 1 unspecified atom stereocenters. The highest BCUT2D eigenvalue weighted by molar-refractivity contribution is 6.01. The van der Waals surface area contributed by atoms with Gasteiger partial charge in [-0.05, 0) is 31.9 Å². The van der Waals surface area contributed by atoms with Crippen LogP contribution in [0.15, 0.2) is 30.6 Å². The number of likely N-dealkylation sites (N-methyl/N-ethyl adjacent to an activating group) is 1. The van der Waals surface area contributed by atoms with E-state index in [-0.39, 0.29) is 17.9 Å². The van der Waals surface area contributed by atoms with Gasteiger partial charge >= 0.3 is 0 Å². The van der Waals surface area contributed by atoms with E-state index < -0.39 is 6.04 Å². The third-order valence-corrected chi connectivity index (χ3v) is 4.86. The molecule has 0 aliphatic carbocycles. The minimum Gasteiger partial charge on any atom is -0.336 e. The maximum Gasteiger partial charge on any atom is 0.255 e. The molecule has 0 saturated heterocycles. The number of rotatable bonds is 6. The van der Waals surface area contributed by atoms with E-state index in [1.54, 1.807) is 23.2 Å². The summed E-state index contributed by atoms with van der Waals surface area (Å²) in [5.74, 6) is 0.591. The largest absolute Gasteiger partial charge is 0.336 e. The van der Waals surface area contributed by atoms with Crippen molar-refractivity contribution in [1.29, 1.82) is 0 Å². The van der Waals surface area contributed by atoms with Crippen LogP contribution >= 0.6 is 0 Å². The fourth-order valence-electron chi connectivity index (χ4n) is 3.41. The number of fused-ring (bicyclic) bond motifs is 1. The Kier molecular flexibility index (Phi) is 5.06. The number of nitrogens with zero attached hydrogens (tertiary/aromatic N) is 5. The van der Waals surface area contributed by atoms with Gasteiger partial charge in [0, 0.05) is 25.2 Å². The average molecular weight is 355 g/mol. The summed E-state index contributed by atoms with van der Waals surface area (Å²) in [7, 11) is 1.75. The van der Waals surface area contributed by atoms with Gasteiger partial charge in [-0.15, -0.1) is 10.2 Å². The molecule has 0 saturated carbocycles. The van der Waals surface area contributed by atoms with Crippen LogP contribution in [0.1, 0.15) is 55.0 Å². The van der Waals surface area contributed by atoms with Crippen LogP contribution in [0.25, 0.3) is 0 Å². The molecule has 7 nitrogen and oxygen atoms in total. The van der Waals surface area contributed by atoms with Gasteiger partial charge < -0.3 is 14.4 Å². The molecular formula is C19H25N5O2. The summed E-state index contributed by atoms with van der Waals surface area (Å²) in [5, 5.41) is 8.08. The van der Waals surface area contributed by atoms with E-state index in [9.17, 15) is 9.59 Å². The molecule has 0 radical (unpaired) electrons. The molecule has 2 amide bonds. The molecule has 1 aromatic heterocycles. The maximum absolute atomic E-state index is 13.0. The molecule has 1 atom stereocenters. The molecule has 1 aliphatic heterocycles. The molecule has 0 N–H and O–H groups in total. The van der Waals surface area contributed by atoms with Gasteiger partial charge in [0.2, 0.25) is 5.91 Å². The second-order valence-electron chi connectivity index (χ2n) is 6.96. The summed E-state index contributed by atoms with van der Waals surface area (Å²) in [5.41, 5.74) is 1.67. The van der Waals surface area contributed by atoms with E-state index in [0.29, 0.717) is 25.1 Å². The number of hydrogen-bond donors (Lipinski definition) is 0. The van der Waals surface area contributed by atoms with Gasteiger partial charge in [-0.3, -0.25) is 9.59 Å². The minimum atomic E-state index is -0.477. The third-order valence-electron chi connectivity index (χ3n) is 4.86. The van der Waals surface area contributed by atoms with Crippen molar-refractivity contribution in [3.8, 4) is 0 Å². The number of carbonyl (C=O) groups is 2. The van der Waals surface area contributed by atoms with E-state index >= 15 is 0 Å². The molecule has 1 aromatic carbocycles. The van der Waals surface area contributed by atoms with Crippen molar-refractivity contribution in [2.24, 2.45) is 0 Å². The molecule has 0 fully saturated rings. The van der Waals surface area contributed by atoms with Crippen molar-refractivity contribution >= 4 is 11.8 Å².